The van der Waals surface area contributed by atoms with E-state index in [4.69, 9.17) is 18.9 Å². The molecule has 436 valence electrons. The second-order valence-electron chi connectivity index (χ2n) is 21.2. The third kappa shape index (κ3) is 55.2. The molecule has 0 spiro atoms. The Balaban J connectivity index is 5.09. The summed E-state index contributed by atoms with van der Waals surface area (Å²) in [7, 11) is 2.00. The lowest BCUT2D eigenvalue weighted by Gasteiger charge is -2.21. The summed E-state index contributed by atoms with van der Waals surface area (Å²) in [5, 5.41) is 2.87. The molecule has 0 heterocycles. The van der Waals surface area contributed by atoms with Crippen molar-refractivity contribution in [3.8, 4) is 0 Å². The summed E-state index contributed by atoms with van der Waals surface area (Å²) < 4.78 is 22.9. The van der Waals surface area contributed by atoms with Crippen LogP contribution in [0.4, 0.5) is 4.79 Å². The third-order valence-electron chi connectivity index (χ3n) is 13.9. The highest BCUT2D eigenvalue weighted by Gasteiger charge is 2.22. The summed E-state index contributed by atoms with van der Waals surface area (Å²) in [6, 6.07) is 0. The van der Waals surface area contributed by atoms with Gasteiger partial charge in [0.25, 0.3) is 0 Å². The molecule has 75 heavy (non-hydrogen) atoms. The third-order valence-corrected chi connectivity index (χ3v) is 13.9. The number of allylic oxidation sites excluding steroid dienone is 8. The average Bonchev–Trinajstić information content (AvgIpc) is 3.40. The second-order valence-corrected chi connectivity index (χ2v) is 21.2. The highest BCUT2D eigenvalue weighted by atomic mass is 16.6. The van der Waals surface area contributed by atoms with Crippen molar-refractivity contribution in [2.45, 2.75) is 303 Å². The van der Waals surface area contributed by atoms with E-state index in [0.717, 1.165) is 116 Å². The molecule has 1 unspecified atom stereocenters. The van der Waals surface area contributed by atoms with Crippen LogP contribution in [-0.2, 0) is 33.3 Å². The number of esters is 3. The first-order valence-corrected chi connectivity index (χ1v) is 31.5. The normalized spacial score (nSPS) is 12.3. The van der Waals surface area contributed by atoms with E-state index >= 15 is 0 Å². The van der Waals surface area contributed by atoms with Crippen LogP contribution in [0.3, 0.4) is 0 Å². The van der Waals surface area contributed by atoms with Crippen molar-refractivity contribution in [2.24, 2.45) is 0 Å². The molecule has 0 aliphatic carbocycles. The standard InChI is InChI=1S/C65H118N2O8/c1-6-10-13-16-19-22-25-28-31-34-37-40-43-46-49-52-62(68)72-58-61(59-73-63(69)53-50-47-44-41-38-35-32-29-26-23-20-17-14-11-7-2)74-64(70)55-54-60(75-65(71)66-56-57-67(5)9-4)51-48-45-42-39-36-33-30-27-24-21-18-15-12-8-3/h19-20,22-23,28-29,31-32,60-61H,6-18,21,24-27,30,33-59H2,1-5H3,(H,66,71)/b22-19-,23-20-,31-28-,32-29-. The fraction of sp³-hybridized carbons (Fsp3) is 0.815. The molecule has 0 aromatic heterocycles. The predicted molar refractivity (Wildman–Crippen MR) is 316 cm³/mol. The monoisotopic (exact) mass is 1050 g/mol. The van der Waals surface area contributed by atoms with E-state index in [1.165, 1.54) is 122 Å². The molecule has 10 nitrogen and oxygen atoms in total. The van der Waals surface area contributed by atoms with Crippen LogP contribution < -0.4 is 5.32 Å². The number of rotatable bonds is 56. The molecule has 1 amide bonds. The number of hydrogen-bond acceptors (Lipinski definition) is 9. The van der Waals surface area contributed by atoms with Gasteiger partial charge < -0.3 is 29.2 Å². The van der Waals surface area contributed by atoms with E-state index < -0.39 is 24.3 Å². The number of amides is 1. The summed E-state index contributed by atoms with van der Waals surface area (Å²) in [4.78, 5) is 54.1. The minimum Gasteiger partial charge on any atom is -0.462 e. The maximum Gasteiger partial charge on any atom is 0.407 e. The smallest absolute Gasteiger partial charge is 0.407 e. The highest BCUT2D eigenvalue weighted by molar-refractivity contribution is 5.71. The largest absolute Gasteiger partial charge is 0.462 e. The van der Waals surface area contributed by atoms with Crippen LogP contribution in [0, 0.1) is 0 Å². The minimum absolute atomic E-state index is 0.0193. The molecule has 0 saturated carbocycles. The van der Waals surface area contributed by atoms with Crippen LogP contribution in [0.5, 0.6) is 0 Å². The van der Waals surface area contributed by atoms with Gasteiger partial charge >= 0.3 is 24.0 Å². The maximum absolute atomic E-state index is 13.4. The van der Waals surface area contributed by atoms with Gasteiger partial charge in [-0.25, -0.2) is 4.79 Å². The zero-order valence-electron chi connectivity index (χ0n) is 49.5. The van der Waals surface area contributed by atoms with Crippen LogP contribution in [-0.4, -0.2) is 81.0 Å². The van der Waals surface area contributed by atoms with Gasteiger partial charge in [-0.15, -0.1) is 0 Å². The van der Waals surface area contributed by atoms with E-state index in [9.17, 15) is 19.2 Å². The number of nitrogens with one attached hydrogen (secondary N) is 1. The first-order valence-electron chi connectivity index (χ1n) is 31.5. The lowest BCUT2D eigenvalue weighted by atomic mass is 10.0. The summed E-state index contributed by atoms with van der Waals surface area (Å²) in [6.45, 7) is 10.5. The molecular weight excluding hydrogens is 937 g/mol. The van der Waals surface area contributed by atoms with Gasteiger partial charge in [-0.1, -0.05) is 224 Å². The molecule has 0 aromatic carbocycles. The highest BCUT2D eigenvalue weighted by Crippen LogP contribution is 2.18. The van der Waals surface area contributed by atoms with Crippen LogP contribution in [0.15, 0.2) is 48.6 Å². The zero-order chi connectivity index (χ0) is 54.8. The first-order chi connectivity index (χ1) is 36.7. The quantitative estimate of drug-likeness (QED) is 0.0275. The molecule has 0 aliphatic heterocycles. The minimum atomic E-state index is -0.927. The van der Waals surface area contributed by atoms with Crippen LogP contribution in [0.25, 0.3) is 0 Å². The number of likely N-dealkylation sites (N-methyl/N-ethyl adjacent to an activating group) is 1. The van der Waals surface area contributed by atoms with E-state index in [-0.39, 0.29) is 44.4 Å². The maximum atomic E-state index is 13.4. The van der Waals surface area contributed by atoms with Crippen LogP contribution in [0.1, 0.15) is 291 Å². The van der Waals surface area contributed by atoms with Crippen molar-refractivity contribution >= 4 is 24.0 Å². The average molecular weight is 1060 g/mol. The molecule has 0 radical (unpaired) electrons. The lowest BCUT2D eigenvalue weighted by Crippen LogP contribution is -2.35. The summed E-state index contributed by atoms with van der Waals surface area (Å²) >= 11 is 0. The first kappa shape index (κ1) is 71.6. The van der Waals surface area contributed by atoms with Crippen LogP contribution >= 0.6 is 0 Å². The number of carbonyl (C=O) groups excluding carboxylic acids is 4. The van der Waals surface area contributed by atoms with Gasteiger partial charge in [0.1, 0.15) is 19.3 Å². The van der Waals surface area contributed by atoms with E-state index in [0.29, 0.717) is 25.9 Å². The van der Waals surface area contributed by atoms with Crippen LogP contribution in [0.2, 0.25) is 0 Å². The summed E-state index contributed by atoms with van der Waals surface area (Å²) in [5.41, 5.74) is 0. The van der Waals surface area contributed by atoms with Crippen molar-refractivity contribution in [3.05, 3.63) is 48.6 Å². The fourth-order valence-electron chi connectivity index (χ4n) is 8.85. The number of nitrogens with zero attached hydrogens (tertiary/aromatic N) is 1. The number of unbranched alkanes of at least 4 members (excludes halogenated alkanes) is 29. The second kappa shape index (κ2) is 58.3. The molecule has 10 heteroatoms. The van der Waals surface area contributed by atoms with Crippen molar-refractivity contribution in [1.29, 1.82) is 0 Å². The Kier molecular flexibility index (Phi) is 55.6. The number of ether oxygens (including phenoxy) is 4. The SMILES string of the molecule is CCCCC/C=C\C/C=C\CCCCCCCC(=O)OCC(COC(=O)CCCCCCC/C=C\C/C=C\CCCCC)OC(=O)CCC(CCCCCCCCCCCCCCCC)OC(=O)NCCN(C)CC. The Morgan fingerprint density at radius 2 is 0.773 bits per heavy atom. The molecule has 0 fully saturated rings. The zero-order valence-corrected chi connectivity index (χ0v) is 49.5. The number of hydrogen-bond donors (Lipinski definition) is 1. The lowest BCUT2D eigenvalue weighted by molar-refractivity contribution is -0.167. The van der Waals surface area contributed by atoms with Gasteiger partial charge in [0.2, 0.25) is 0 Å². The molecule has 0 rings (SSSR count). The van der Waals surface area contributed by atoms with Gasteiger partial charge in [-0.2, -0.15) is 0 Å². The Hall–Kier alpha value is -3.40. The molecule has 1 atom stereocenters. The van der Waals surface area contributed by atoms with Crippen molar-refractivity contribution in [2.75, 3.05) is 39.9 Å². The van der Waals surface area contributed by atoms with Crippen molar-refractivity contribution in [3.63, 3.8) is 0 Å². The van der Waals surface area contributed by atoms with Gasteiger partial charge in [0.05, 0.1) is 0 Å². The Labute approximate surface area is 462 Å². The molecule has 0 aliphatic rings. The molecule has 0 aromatic rings. The molecule has 0 bridgehead atoms. The number of alkyl carbamates (subject to hydrolysis) is 1. The predicted octanol–water partition coefficient (Wildman–Crippen LogP) is 18.3. The molecular formula is C65H118N2O8. The van der Waals surface area contributed by atoms with E-state index in [2.05, 4.69) is 86.5 Å². The van der Waals surface area contributed by atoms with Crippen molar-refractivity contribution in [1.82, 2.24) is 10.2 Å². The van der Waals surface area contributed by atoms with Crippen molar-refractivity contribution < 1.29 is 38.1 Å². The summed E-state index contributed by atoms with van der Waals surface area (Å²) in [6.07, 6.45) is 59.7. The summed E-state index contributed by atoms with van der Waals surface area (Å²) in [5.74, 6) is -1.21. The Bertz CT molecular complexity index is 1350. The van der Waals surface area contributed by atoms with Gasteiger partial charge in [0.15, 0.2) is 6.10 Å². The molecule has 0 saturated heterocycles. The van der Waals surface area contributed by atoms with Gasteiger partial charge in [-0.3, -0.25) is 14.4 Å². The molecule has 1 N–H and O–H groups in total. The van der Waals surface area contributed by atoms with Gasteiger partial charge in [0, 0.05) is 32.4 Å². The Morgan fingerprint density at radius 1 is 0.400 bits per heavy atom. The topological polar surface area (TPSA) is 120 Å². The van der Waals surface area contributed by atoms with E-state index in [1.807, 2.05) is 7.05 Å². The fourth-order valence-corrected chi connectivity index (χ4v) is 8.85. The Morgan fingerprint density at radius 3 is 1.20 bits per heavy atom. The number of carbonyl (C=O) groups is 4. The van der Waals surface area contributed by atoms with Gasteiger partial charge in [-0.05, 0) is 110 Å². The van der Waals surface area contributed by atoms with E-state index in [1.54, 1.807) is 0 Å².